The van der Waals surface area contributed by atoms with Crippen molar-refractivity contribution in [3.63, 3.8) is 0 Å². The molecule has 1 aliphatic rings. The summed E-state index contributed by atoms with van der Waals surface area (Å²) in [5.74, 6) is 0.861. The molecule has 66 valence electrons. The first-order valence-electron chi connectivity index (χ1n) is 4.05. The standard InChI is InChI=1S/C8H11BrN2O/c1-3-8(2)5-11-7(12-8)6(9)4-10-11/h4H,3,5H2,1-2H3. The van der Waals surface area contributed by atoms with Crippen molar-refractivity contribution < 1.29 is 4.74 Å². The Balaban J connectivity index is 2.33. The van der Waals surface area contributed by atoms with Crippen LogP contribution in [0.1, 0.15) is 20.3 Å². The Hall–Kier alpha value is -0.510. The molecule has 1 aromatic rings. The third kappa shape index (κ3) is 1.05. The smallest absolute Gasteiger partial charge is 0.227 e. The molecule has 0 amide bonds. The largest absolute Gasteiger partial charge is 0.469 e. The third-order valence-electron chi connectivity index (χ3n) is 2.32. The molecule has 1 aromatic heterocycles. The fourth-order valence-corrected chi connectivity index (χ4v) is 1.71. The maximum Gasteiger partial charge on any atom is 0.227 e. The van der Waals surface area contributed by atoms with Crippen molar-refractivity contribution in [2.45, 2.75) is 32.4 Å². The molecule has 0 saturated heterocycles. The maximum absolute atomic E-state index is 5.77. The monoisotopic (exact) mass is 230 g/mol. The molecule has 0 aliphatic carbocycles. The Labute approximate surface area is 79.8 Å². The molecule has 12 heavy (non-hydrogen) atoms. The van der Waals surface area contributed by atoms with Gasteiger partial charge in [-0.15, -0.1) is 0 Å². The predicted molar refractivity (Wildman–Crippen MR) is 49.3 cm³/mol. The van der Waals surface area contributed by atoms with Crippen LogP contribution in [0.2, 0.25) is 0 Å². The van der Waals surface area contributed by atoms with Gasteiger partial charge in [-0.05, 0) is 29.3 Å². The summed E-state index contributed by atoms with van der Waals surface area (Å²) in [6, 6.07) is 0. The SMILES string of the molecule is CCC1(C)Cn2ncc(Br)c2O1. The summed E-state index contributed by atoms with van der Waals surface area (Å²) in [7, 11) is 0. The van der Waals surface area contributed by atoms with E-state index in [1.165, 1.54) is 0 Å². The molecule has 1 unspecified atom stereocenters. The highest BCUT2D eigenvalue weighted by Crippen LogP contribution is 2.36. The molecule has 0 aromatic carbocycles. The van der Waals surface area contributed by atoms with Crippen molar-refractivity contribution in [1.29, 1.82) is 0 Å². The van der Waals surface area contributed by atoms with Crippen LogP contribution >= 0.6 is 15.9 Å². The number of hydrogen-bond acceptors (Lipinski definition) is 2. The van der Waals surface area contributed by atoms with Crippen LogP contribution in [-0.2, 0) is 6.54 Å². The van der Waals surface area contributed by atoms with Gasteiger partial charge in [0.05, 0.1) is 17.2 Å². The van der Waals surface area contributed by atoms with Crippen LogP contribution in [0.4, 0.5) is 0 Å². The Kier molecular flexibility index (Phi) is 1.68. The van der Waals surface area contributed by atoms with Gasteiger partial charge < -0.3 is 4.74 Å². The number of aromatic nitrogens is 2. The van der Waals surface area contributed by atoms with Crippen molar-refractivity contribution in [2.75, 3.05) is 0 Å². The van der Waals surface area contributed by atoms with Gasteiger partial charge in [0.25, 0.3) is 0 Å². The Bertz CT molecular complexity index is 310. The van der Waals surface area contributed by atoms with E-state index >= 15 is 0 Å². The minimum Gasteiger partial charge on any atom is -0.469 e. The third-order valence-corrected chi connectivity index (χ3v) is 2.87. The second-order valence-corrected chi connectivity index (χ2v) is 4.22. The zero-order chi connectivity index (χ0) is 8.77. The van der Waals surface area contributed by atoms with Crippen LogP contribution in [0.5, 0.6) is 5.88 Å². The van der Waals surface area contributed by atoms with Gasteiger partial charge in [0.15, 0.2) is 0 Å². The number of halogens is 1. The van der Waals surface area contributed by atoms with E-state index in [0.717, 1.165) is 23.3 Å². The Morgan fingerprint density at radius 2 is 2.58 bits per heavy atom. The fraction of sp³-hybridized carbons (Fsp3) is 0.625. The van der Waals surface area contributed by atoms with E-state index in [0.29, 0.717) is 0 Å². The summed E-state index contributed by atoms with van der Waals surface area (Å²) in [5, 5.41) is 4.18. The molecule has 0 spiro atoms. The second kappa shape index (κ2) is 2.49. The first-order chi connectivity index (χ1) is 5.64. The highest BCUT2D eigenvalue weighted by molar-refractivity contribution is 9.10. The topological polar surface area (TPSA) is 27.1 Å². The molecule has 0 radical (unpaired) electrons. The van der Waals surface area contributed by atoms with E-state index in [1.54, 1.807) is 6.20 Å². The minimum absolute atomic E-state index is 0.0634. The molecule has 1 aliphatic heterocycles. The predicted octanol–water partition coefficient (Wildman–Crippen LogP) is 2.21. The second-order valence-electron chi connectivity index (χ2n) is 3.36. The van der Waals surface area contributed by atoms with Gasteiger partial charge in [-0.3, -0.25) is 0 Å². The molecular weight excluding hydrogens is 220 g/mol. The van der Waals surface area contributed by atoms with E-state index < -0.39 is 0 Å². The van der Waals surface area contributed by atoms with E-state index in [1.807, 2.05) is 4.68 Å². The average Bonchev–Trinajstić information content (AvgIpc) is 2.53. The van der Waals surface area contributed by atoms with Crippen LogP contribution in [0.3, 0.4) is 0 Å². The van der Waals surface area contributed by atoms with E-state index in [-0.39, 0.29) is 5.60 Å². The van der Waals surface area contributed by atoms with Crippen molar-refractivity contribution in [3.05, 3.63) is 10.7 Å². The molecule has 2 heterocycles. The maximum atomic E-state index is 5.77. The van der Waals surface area contributed by atoms with Crippen LogP contribution in [0, 0.1) is 0 Å². The normalized spacial score (nSPS) is 26.9. The van der Waals surface area contributed by atoms with Gasteiger partial charge in [0.1, 0.15) is 5.60 Å². The quantitative estimate of drug-likeness (QED) is 0.740. The summed E-state index contributed by atoms with van der Waals surface area (Å²) in [6.07, 6.45) is 2.77. The van der Waals surface area contributed by atoms with Gasteiger partial charge >= 0.3 is 0 Å². The Morgan fingerprint density at radius 1 is 1.83 bits per heavy atom. The highest BCUT2D eigenvalue weighted by Gasteiger charge is 2.35. The molecule has 3 nitrogen and oxygen atoms in total. The molecule has 0 saturated carbocycles. The fourth-order valence-electron chi connectivity index (χ4n) is 1.33. The van der Waals surface area contributed by atoms with Gasteiger partial charge in [-0.25, -0.2) is 4.68 Å². The van der Waals surface area contributed by atoms with Crippen molar-refractivity contribution >= 4 is 15.9 Å². The van der Waals surface area contributed by atoms with Crippen molar-refractivity contribution in [2.24, 2.45) is 0 Å². The summed E-state index contributed by atoms with van der Waals surface area (Å²) >= 11 is 3.39. The summed E-state index contributed by atoms with van der Waals surface area (Å²) in [4.78, 5) is 0. The van der Waals surface area contributed by atoms with Crippen molar-refractivity contribution in [1.82, 2.24) is 9.78 Å². The summed E-state index contributed by atoms with van der Waals surface area (Å²) in [6.45, 7) is 5.08. The average molecular weight is 231 g/mol. The lowest BCUT2D eigenvalue weighted by Crippen LogP contribution is -2.30. The molecule has 0 N–H and O–H groups in total. The van der Waals surface area contributed by atoms with Gasteiger partial charge in [0, 0.05) is 0 Å². The first kappa shape index (κ1) is 8.10. The number of nitrogens with zero attached hydrogens (tertiary/aromatic N) is 2. The number of rotatable bonds is 1. The lowest BCUT2D eigenvalue weighted by molar-refractivity contribution is 0.108. The zero-order valence-electron chi connectivity index (χ0n) is 7.17. The van der Waals surface area contributed by atoms with Gasteiger partial charge in [-0.1, -0.05) is 6.92 Å². The molecule has 4 heteroatoms. The highest BCUT2D eigenvalue weighted by atomic mass is 79.9. The van der Waals surface area contributed by atoms with E-state index in [2.05, 4.69) is 34.9 Å². The van der Waals surface area contributed by atoms with Gasteiger partial charge in [0.2, 0.25) is 5.88 Å². The van der Waals surface area contributed by atoms with Crippen LogP contribution in [0.25, 0.3) is 0 Å². The van der Waals surface area contributed by atoms with E-state index in [9.17, 15) is 0 Å². The van der Waals surface area contributed by atoms with Gasteiger partial charge in [-0.2, -0.15) is 5.10 Å². The molecule has 0 bridgehead atoms. The zero-order valence-corrected chi connectivity index (χ0v) is 8.76. The molecule has 1 atom stereocenters. The van der Waals surface area contributed by atoms with Crippen LogP contribution in [-0.4, -0.2) is 15.4 Å². The van der Waals surface area contributed by atoms with E-state index in [4.69, 9.17) is 4.74 Å². The number of hydrogen-bond donors (Lipinski definition) is 0. The van der Waals surface area contributed by atoms with Crippen LogP contribution < -0.4 is 4.74 Å². The minimum atomic E-state index is -0.0634. The lowest BCUT2D eigenvalue weighted by Gasteiger charge is -2.20. The number of ether oxygens (including phenoxy) is 1. The van der Waals surface area contributed by atoms with Crippen LogP contribution in [0.15, 0.2) is 10.7 Å². The summed E-state index contributed by atoms with van der Waals surface area (Å²) in [5.41, 5.74) is -0.0634. The number of fused-ring (bicyclic) bond motifs is 1. The molecule has 0 fully saturated rings. The first-order valence-corrected chi connectivity index (χ1v) is 4.84. The molecular formula is C8H11BrN2O. The van der Waals surface area contributed by atoms with Crippen molar-refractivity contribution in [3.8, 4) is 5.88 Å². The summed E-state index contributed by atoms with van der Waals surface area (Å²) < 4.78 is 8.61. The lowest BCUT2D eigenvalue weighted by atomic mass is 10.1. The Morgan fingerprint density at radius 3 is 3.17 bits per heavy atom. The molecule has 2 rings (SSSR count).